The molecule has 2 aliphatic rings. The van der Waals surface area contributed by atoms with E-state index in [0.29, 0.717) is 31.6 Å². The summed E-state index contributed by atoms with van der Waals surface area (Å²) >= 11 is 0. The predicted molar refractivity (Wildman–Crippen MR) is 112 cm³/mol. The van der Waals surface area contributed by atoms with Gasteiger partial charge in [-0.15, -0.1) is 0 Å². The fraction of sp³-hybridized carbons (Fsp3) is 0.348. The Morgan fingerprint density at radius 2 is 1.67 bits per heavy atom. The number of nitrogens with one attached hydrogen (secondary N) is 3. The van der Waals surface area contributed by atoms with Gasteiger partial charge < -0.3 is 15.5 Å². The van der Waals surface area contributed by atoms with Crippen molar-refractivity contribution in [3.05, 3.63) is 70.3 Å². The van der Waals surface area contributed by atoms with Crippen LogP contribution in [0.2, 0.25) is 0 Å². The lowest BCUT2D eigenvalue weighted by Gasteiger charge is -2.29. The minimum atomic E-state index is -0.586. The molecule has 0 radical (unpaired) electrons. The predicted octanol–water partition coefficient (Wildman–Crippen LogP) is 1.46. The van der Waals surface area contributed by atoms with Gasteiger partial charge in [0.1, 0.15) is 6.04 Å². The van der Waals surface area contributed by atoms with Gasteiger partial charge in [-0.3, -0.25) is 19.7 Å². The zero-order valence-electron chi connectivity index (χ0n) is 17.0. The number of nitrogens with zero attached hydrogens (tertiary/aromatic N) is 1. The van der Waals surface area contributed by atoms with Gasteiger partial charge in [-0.2, -0.15) is 0 Å². The first-order valence-corrected chi connectivity index (χ1v) is 10.3. The van der Waals surface area contributed by atoms with E-state index in [9.17, 15) is 14.4 Å². The monoisotopic (exact) mass is 406 g/mol. The highest BCUT2D eigenvalue weighted by atomic mass is 16.2. The summed E-state index contributed by atoms with van der Waals surface area (Å²) in [6.45, 7) is 2.47. The maximum atomic E-state index is 13.1. The van der Waals surface area contributed by atoms with Crippen LogP contribution < -0.4 is 16.0 Å². The molecule has 7 heteroatoms. The molecule has 2 aromatic carbocycles. The van der Waals surface area contributed by atoms with E-state index in [0.717, 1.165) is 17.7 Å². The van der Waals surface area contributed by atoms with E-state index in [2.05, 4.69) is 28.1 Å². The Morgan fingerprint density at radius 1 is 0.967 bits per heavy atom. The Balaban J connectivity index is 1.46. The Kier molecular flexibility index (Phi) is 5.92. The second kappa shape index (κ2) is 8.77. The van der Waals surface area contributed by atoms with E-state index < -0.39 is 6.04 Å². The average molecular weight is 406 g/mol. The van der Waals surface area contributed by atoms with E-state index in [-0.39, 0.29) is 24.1 Å². The van der Waals surface area contributed by atoms with E-state index in [1.807, 2.05) is 37.4 Å². The Hall–Kier alpha value is -3.03. The summed E-state index contributed by atoms with van der Waals surface area (Å²) in [6.07, 6.45) is 0.636. The topological polar surface area (TPSA) is 90.5 Å². The third kappa shape index (κ3) is 3.99. The maximum absolute atomic E-state index is 13.1. The highest BCUT2D eigenvalue weighted by Gasteiger charge is 2.39. The molecule has 7 nitrogen and oxygen atoms in total. The van der Waals surface area contributed by atoms with Crippen LogP contribution in [0, 0.1) is 0 Å². The van der Waals surface area contributed by atoms with E-state index >= 15 is 0 Å². The van der Waals surface area contributed by atoms with Crippen LogP contribution in [0.25, 0.3) is 0 Å². The minimum Gasteiger partial charge on any atom is -0.322 e. The van der Waals surface area contributed by atoms with Crippen molar-refractivity contribution in [3.8, 4) is 0 Å². The normalized spacial score (nSPS) is 18.5. The number of hydrogen-bond acceptors (Lipinski definition) is 5. The number of carbonyl (C=O) groups excluding carboxylic acids is 3. The summed E-state index contributed by atoms with van der Waals surface area (Å²) in [5.74, 6) is -0.787. The third-order valence-electron chi connectivity index (χ3n) is 5.76. The minimum absolute atomic E-state index is 0.132. The molecule has 0 saturated carbocycles. The van der Waals surface area contributed by atoms with Crippen molar-refractivity contribution in [3.63, 3.8) is 0 Å². The smallest absolute Gasteiger partial charge is 0.255 e. The second-order valence-electron chi connectivity index (χ2n) is 7.75. The number of piperidine rings is 1. The molecule has 3 amide bonds. The van der Waals surface area contributed by atoms with Crippen LogP contribution in [0.15, 0.2) is 42.5 Å². The lowest BCUT2D eigenvalue weighted by atomic mass is 10.0. The molecule has 1 unspecified atom stereocenters. The van der Waals surface area contributed by atoms with Gasteiger partial charge >= 0.3 is 0 Å². The van der Waals surface area contributed by atoms with Gasteiger partial charge in [-0.25, -0.2) is 0 Å². The first-order chi connectivity index (χ1) is 14.6. The van der Waals surface area contributed by atoms with E-state index in [1.165, 1.54) is 11.1 Å². The van der Waals surface area contributed by atoms with Crippen LogP contribution in [0.1, 0.15) is 45.5 Å². The van der Waals surface area contributed by atoms with Gasteiger partial charge in [0.05, 0.1) is 0 Å². The molecule has 4 rings (SSSR count). The molecule has 30 heavy (non-hydrogen) atoms. The van der Waals surface area contributed by atoms with Crippen molar-refractivity contribution >= 4 is 17.7 Å². The van der Waals surface area contributed by atoms with Crippen LogP contribution in [0.5, 0.6) is 0 Å². The van der Waals surface area contributed by atoms with Gasteiger partial charge in [0.15, 0.2) is 0 Å². The van der Waals surface area contributed by atoms with Gasteiger partial charge in [-0.1, -0.05) is 42.5 Å². The number of benzene rings is 2. The molecule has 0 aromatic heterocycles. The van der Waals surface area contributed by atoms with Crippen LogP contribution >= 0.6 is 0 Å². The summed E-state index contributed by atoms with van der Waals surface area (Å²) in [5, 5.41) is 8.98. The Labute approximate surface area is 175 Å². The molecule has 0 bridgehead atoms. The van der Waals surface area contributed by atoms with Gasteiger partial charge in [-0.05, 0) is 35.7 Å². The number of hydrogen-bond donors (Lipinski definition) is 3. The molecule has 1 atom stereocenters. The fourth-order valence-electron chi connectivity index (χ4n) is 4.26. The third-order valence-corrected chi connectivity index (χ3v) is 5.76. The molecule has 1 saturated heterocycles. The van der Waals surface area contributed by atoms with Crippen molar-refractivity contribution in [2.24, 2.45) is 0 Å². The average Bonchev–Trinajstić information content (AvgIpc) is 3.07. The highest BCUT2D eigenvalue weighted by Crippen LogP contribution is 2.29. The van der Waals surface area contributed by atoms with Crippen LogP contribution in [-0.4, -0.2) is 35.7 Å². The van der Waals surface area contributed by atoms with Gasteiger partial charge in [0.2, 0.25) is 11.8 Å². The first-order valence-electron chi connectivity index (χ1n) is 10.3. The lowest BCUT2D eigenvalue weighted by molar-refractivity contribution is -0.136. The zero-order chi connectivity index (χ0) is 21.1. The number of rotatable bonds is 7. The van der Waals surface area contributed by atoms with Crippen molar-refractivity contribution in [2.75, 3.05) is 7.05 Å². The molecule has 0 spiro atoms. The van der Waals surface area contributed by atoms with Crippen LogP contribution in [0.4, 0.5) is 0 Å². The van der Waals surface area contributed by atoms with E-state index in [4.69, 9.17) is 0 Å². The lowest BCUT2D eigenvalue weighted by Crippen LogP contribution is -2.52. The molecular formula is C23H26N4O3. The standard InChI is InChI=1S/C23H26N4O3/c1-24-11-15-5-2-3-6-16(15)12-25-13-17-7-4-8-18-14-27(23(30)21(17)18)19-9-10-20(28)26-22(19)29/h2-8,19,24-25H,9-14H2,1H3,(H,26,28,29). The van der Waals surface area contributed by atoms with Crippen molar-refractivity contribution in [2.45, 2.75) is 45.1 Å². The largest absolute Gasteiger partial charge is 0.322 e. The quantitative estimate of drug-likeness (QED) is 0.606. The number of amides is 3. The van der Waals surface area contributed by atoms with Crippen molar-refractivity contribution in [1.82, 2.24) is 20.9 Å². The SMILES string of the molecule is CNCc1ccccc1CNCc1cccc2c1C(=O)N(C1CCC(=O)NC1=O)C2. The second-order valence-corrected chi connectivity index (χ2v) is 7.75. The zero-order valence-corrected chi connectivity index (χ0v) is 17.0. The summed E-state index contributed by atoms with van der Waals surface area (Å²) < 4.78 is 0. The Bertz CT molecular complexity index is 988. The molecule has 1 fully saturated rings. The molecular weight excluding hydrogens is 380 g/mol. The molecule has 2 aromatic rings. The summed E-state index contributed by atoms with van der Waals surface area (Å²) in [5.41, 5.74) is 5.00. The van der Waals surface area contributed by atoms with E-state index in [1.54, 1.807) is 4.90 Å². The number of imide groups is 1. The fourth-order valence-corrected chi connectivity index (χ4v) is 4.26. The molecule has 0 aliphatic carbocycles. The number of fused-ring (bicyclic) bond motifs is 1. The molecule has 2 aliphatic heterocycles. The highest BCUT2D eigenvalue weighted by molar-refractivity contribution is 6.05. The van der Waals surface area contributed by atoms with Crippen molar-refractivity contribution in [1.29, 1.82) is 0 Å². The maximum Gasteiger partial charge on any atom is 0.255 e. The summed E-state index contributed by atoms with van der Waals surface area (Å²) in [7, 11) is 1.93. The molecule has 3 N–H and O–H groups in total. The summed E-state index contributed by atoms with van der Waals surface area (Å²) in [6, 6.07) is 13.5. The Morgan fingerprint density at radius 3 is 2.40 bits per heavy atom. The van der Waals surface area contributed by atoms with Gasteiger partial charge in [0.25, 0.3) is 5.91 Å². The van der Waals surface area contributed by atoms with Gasteiger partial charge in [0, 0.05) is 38.2 Å². The molecule has 156 valence electrons. The van der Waals surface area contributed by atoms with Crippen LogP contribution in [0.3, 0.4) is 0 Å². The first kappa shape index (κ1) is 20.3. The van der Waals surface area contributed by atoms with Crippen LogP contribution in [-0.2, 0) is 35.8 Å². The molecule has 2 heterocycles. The number of carbonyl (C=O) groups is 3. The van der Waals surface area contributed by atoms with Crippen molar-refractivity contribution < 1.29 is 14.4 Å². The summed E-state index contributed by atoms with van der Waals surface area (Å²) in [4.78, 5) is 38.4.